The van der Waals surface area contributed by atoms with Crippen molar-refractivity contribution in [3.8, 4) is 11.8 Å². The molecule has 0 saturated heterocycles. The Morgan fingerprint density at radius 3 is 2.47 bits per heavy atom. The van der Waals surface area contributed by atoms with Gasteiger partial charge in [0.15, 0.2) is 0 Å². The molecular weight excluding hydrogens is 384 g/mol. The van der Waals surface area contributed by atoms with Gasteiger partial charge in [0.1, 0.15) is 11.5 Å². The van der Waals surface area contributed by atoms with Crippen LogP contribution in [0.4, 0.5) is 0 Å². The van der Waals surface area contributed by atoms with Gasteiger partial charge in [0.25, 0.3) is 5.91 Å². The minimum Gasteiger partial charge on any atom is -0.478 e. The first kappa shape index (κ1) is 20.9. The summed E-state index contributed by atoms with van der Waals surface area (Å²) in [4.78, 5) is 30.6. The third kappa shape index (κ3) is 4.28. The second-order valence-corrected chi connectivity index (χ2v) is 7.89. The van der Waals surface area contributed by atoms with E-state index in [2.05, 4.69) is 5.48 Å². The van der Waals surface area contributed by atoms with Crippen molar-refractivity contribution in [2.45, 2.75) is 33.8 Å². The molecule has 1 atom stereocenters. The zero-order valence-corrected chi connectivity index (χ0v) is 17.2. The average molecular weight is 406 g/mol. The number of hydrogen-bond acceptors (Lipinski definition) is 6. The predicted molar refractivity (Wildman–Crippen MR) is 110 cm³/mol. The van der Waals surface area contributed by atoms with Crippen molar-refractivity contribution in [1.29, 1.82) is 5.26 Å². The number of nitrogens with zero attached hydrogens (tertiary/aromatic N) is 1. The highest BCUT2D eigenvalue weighted by Crippen LogP contribution is 2.28. The molecule has 1 unspecified atom stereocenters. The van der Waals surface area contributed by atoms with E-state index in [4.69, 9.17) is 14.0 Å². The molecule has 1 heterocycles. The molecule has 0 aliphatic carbocycles. The molecule has 1 aromatic heterocycles. The maximum absolute atomic E-state index is 12.8. The maximum Gasteiger partial charge on any atom is 0.372 e. The number of nitrogens with one attached hydrogen (secondary N) is 1. The van der Waals surface area contributed by atoms with Crippen LogP contribution in [-0.4, -0.2) is 18.0 Å². The summed E-state index contributed by atoms with van der Waals surface area (Å²) in [7, 11) is 0. The summed E-state index contributed by atoms with van der Waals surface area (Å²) >= 11 is 0. The zero-order chi connectivity index (χ0) is 21.9. The molecule has 0 fully saturated rings. The van der Waals surface area contributed by atoms with Crippen molar-refractivity contribution < 1.29 is 23.6 Å². The number of ether oxygens (including phenoxy) is 1. The first-order chi connectivity index (χ1) is 14.2. The molecule has 7 heteroatoms. The zero-order valence-electron chi connectivity index (χ0n) is 17.2. The van der Waals surface area contributed by atoms with Crippen LogP contribution in [0.25, 0.3) is 10.8 Å². The van der Waals surface area contributed by atoms with E-state index in [1.165, 1.54) is 12.3 Å². The first-order valence-electron chi connectivity index (χ1n) is 9.36. The van der Waals surface area contributed by atoms with Gasteiger partial charge in [0.05, 0.1) is 23.5 Å². The van der Waals surface area contributed by atoms with Crippen LogP contribution in [0.15, 0.2) is 53.1 Å². The van der Waals surface area contributed by atoms with E-state index in [1.54, 1.807) is 37.3 Å². The van der Waals surface area contributed by atoms with Gasteiger partial charge in [-0.15, -0.1) is 0 Å². The SMILES string of the molecule is Cc1occ2ccc(C#N)c(C(=O)NOC(=O)C(Oc3ccccc3)C(C)(C)C)c12. The van der Waals surface area contributed by atoms with Gasteiger partial charge in [-0.3, -0.25) is 4.79 Å². The molecule has 0 saturated carbocycles. The van der Waals surface area contributed by atoms with Gasteiger partial charge in [-0.2, -0.15) is 10.7 Å². The van der Waals surface area contributed by atoms with Crippen molar-refractivity contribution in [3.63, 3.8) is 0 Å². The summed E-state index contributed by atoms with van der Waals surface area (Å²) in [5.74, 6) is -0.485. The van der Waals surface area contributed by atoms with E-state index in [9.17, 15) is 14.9 Å². The molecular formula is C23H22N2O5. The number of carbonyl (C=O) groups is 2. The van der Waals surface area contributed by atoms with Gasteiger partial charge >= 0.3 is 5.97 Å². The number of nitriles is 1. The number of aryl methyl sites for hydroxylation is 1. The van der Waals surface area contributed by atoms with Crippen LogP contribution in [0, 0.1) is 23.7 Å². The van der Waals surface area contributed by atoms with E-state index in [0.717, 1.165) is 0 Å². The van der Waals surface area contributed by atoms with Crippen LogP contribution < -0.4 is 10.2 Å². The summed E-state index contributed by atoms with van der Waals surface area (Å²) in [5.41, 5.74) is 1.79. The third-order valence-electron chi connectivity index (χ3n) is 4.54. The smallest absolute Gasteiger partial charge is 0.372 e. The number of furan rings is 1. The maximum atomic E-state index is 12.8. The number of hydrogen-bond donors (Lipinski definition) is 1. The molecule has 154 valence electrons. The summed E-state index contributed by atoms with van der Waals surface area (Å²) in [6.07, 6.45) is 0.528. The van der Waals surface area contributed by atoms with E-state index in [-0.39, 0.29) is 11.1 Å². The first-order valence-corrected chi connectivity index (χ1v) is 9.36. The molecule has 2 aromatic carbocycles. The Kier molecular flexibility index (Phi) is 5.79. The molecule has 0 radical (unpaired) electrons. The second-order valence-electron chi connectivity index (χ2n) is 7.89. The van der Waals surface area contributed by atoms with Gasteiger partial charge in [-0.25, -0.2) is 4.79 Å². The van der Waals surface area contributed by atoms with Crippen LogP contribution in [0.2, 0.25) is 0 Å². The fourth-order valence-corrected chi connectivity index (χ4v) is 3.05. The van der Waals surface area contributed by atoms with Gasteiger partial charge in [0, 0.05) is 16.2 Å². The molecule has 0 aliphatic rings. The van der Waals surface area contributed by atoms with E-state index in [0.29, 0.717) is 22.3 Å². The molecule has 1 N–H and O–H groups in total. The minimum absolute atomic E-state index is 0.0883. The standard InChI is InChI=1S/C23H22N2O5/c1-14-18-16(13-28-14)11-10-15(12-24)19(18)21(26)25-30-22(27)20(23(2,3)4)29-17-8-6-5-7-9-17/h5-11,13,20H,1-4H3,(H,25,26). The Bertz CT molecular complexity index is 1120. The largest absolute Gasteiger partial charge is 0.478 e. The highest BCUT2D eigenvalue weighted by molar-refractivity contribution is 6.09. The number of hydroxylamine groups is 1. The number of para-hydroxylation sites is 1. The van der Waals surface area contributed by atoms with E-state index in [1.807, 2.05) is 32.9 Å². The Morgan fingerprint density at radius 2 is 1.83 bits per heavy atom. The summed E-state index contributed by atoms with van der Waals surface area (Å²) < 4.78 is 11.2. The van der Waals surface area contributed by atoms with Crippen molar-refractivity contribution in [2.75, 3.05) is 0 Å². The van der Waals surface area contributed by atoms with Crippen molar-refractivity contribution in [2.24, 2.45) is 5.41 Å². The molecule has 1 amide bonds. The van der Waals surface area contributed by atoms with Gasteiger partial charge < -0.3 is 14.0 Å². The topological polar surface area (TPSA) is 102 Å². The monoisotopic (exact) mass is 406 g/mol. The molecule has 0 spiro atoms. The fourth-order valence-electron chi connectivity index (χ4n) is 3.05. The van der Waals surface area contributed by atoms with Gasteiger partial charge in [0.2, 0.25) is 6.10 Å². The van der Waals surface area contributed by atoms with E-state index < -0.39 is 23.4 Å². The summed E-state index contributed by atoms with van der Waals surface area (Å²) in [5, 5.41) is 10.6. The lowest BCUT2D eigenvalue weighted by Gasteiger charge is -2.28. The lowest BCUT2D eigenvalue weighted by atomic mass is 9.89. The third-order valence-corrected chi connectivity index (χ3v) is 4.54. The average Bonchev–Trinajstić information content (AvgIpc) is 3.10. The van der Waals surface area contributed by atoms with Crippen LogP contribution in [0.5, 0.6) is 5.75 Å². The van der Waals surface area contributed by atoms with Crippen molar-refractivity contribution >= 4 is 22.6 Å². The second kappa shape index (κ2) is 8.29. The Balaban J connectivity index is 1.81. The Hall–Kier alpha value is -3.79. The fraction of sp³-hybridized carbons (Fsp3) is 0.261. The number of fused-ring (bicyclic) bond motifs is 1. The lowest BCUT2D eigenvalue weighted by molar-refractivity contribution is -0.162. The Labute approximate surface area is 174 Å². The predicted octanol–water partition coefficient (Wildman–Crippen LogP) is 4.29. The summed E-state index contributed by atoms with van der Waals surface area (Å²) in [6, 6.07) is 14.1. The highest BCUT2D eigenvalue weighted by Gasteiger charge is 2.36. The minimum atomic E-state index is -0.970. The van der Waals surface area contributed by atoms with Gasteiger partial charge in [-0.05, 0) is 31.2 Å². The highest BCUT2D eigenvalue weighted by atomic mass is 16.7. The van der Waals surface area contributed by atoms with Crippen molar-refractivity contribution in [1.82, 2.24) is 5.48 Å². The normalized spacial score (nSPS) is 12.1. The number of carbonyl (C=O) groups excluding carboxylic acids is 2. The van der Waals surface area contributed by atoms with Gasteiger partial charge in [-0.1, -0.05) is 39.0 Å². The molecule has 3 aromatic rings. The van der Waals surface area contributed by atoms with Crippen LogP contribution >= 0.6 is 0 Å². The molecule has 0 aliphatic heterocycles. The number of benzene rings is 2. The molecule has 3 rings (SSSR count). The Morgan fingerprint density at radius 1 is 1.13 bits per heavy atom. The molecule has 0 bridgehead atoms. The van der Waals surface area contributed by atoms with Crippen LogP contribution in [0.3, 0.4) is 0 Å². The molecule has 30 heavy (non-hydrogen) atoms. The van der Waals surface area contributed by atoms with E-state index >= 15 is 0 Å². The van der Waals surface area contributed by atoms with Crippen LogP contribution in [0.1, 0.15) is 42.5 Å². The lowest BCUT2D eigenvalue weighted by Crippen LogP contribution is -2.43. The van der Waals surface area contributed by atoms with Crippen molar-refractivity contribution in [3.05, 3.63) is 65.6 Å². The molecule has 7 nitrogen and oxygen atoms in total. The number of amides is 1. The van der Waals surface area contributed by atoms with Crippen LogP contribution in [-0.2, 0) is 9.63 Å². The quantitative estimate of drug-likeness (QED) is 0.649. The summed E-state index contributed by atoms with van der Waals surface area (Å²) in [6.45, 7) is 7.17. The number of rotatable bonds is 4.